The lowest BCUT2D eigenvalue weighted by molar-refractivity contribution is 0.102. The van der Waals surface area contributed by atoms with Crippen LogP contribution in [-0.2, 0) is 0 Å². The van der Waals surface area contributed by atoms with Gasteiger partial charge in [-0.2, -0.15) is 0 Å². The van der Waals surface area contributed by atoms with Gasteiger partial charge in [0.2, 0.25) is 5.95 Å². The number of benzene rings is 2. The number of amides is 1. The maximum atomic E-state index is 12.4. The molecule has 0 unspecified atom stereocenters. The normalized spacial score (nSPS) is 10.7. The highest BCUT2D eigenvalue weighted by Crippen LogP contribution is 2.20. The molecule has 3 aromatic rings. The molecule has 1 heterocycles. The standard InChI is InChI=1S/C22H24N4O/c1-14(2)17-6-8-19(9-7-17)25-21(27)18-12-23-22(24-13-18)26-20-10-5-15(3)11-16(20)4/h5-14H,1-4H3,(H,25,27)(H,23,24,26). The van der Waals surface area contributed by atoms with Crippen LogP contribution < -0.4 is 10.6 Å². The molecule has 0 radical (unpaired) electrons. The van der Waals surface area contributed by atoms with Crippen LogP contribution in [0.25, 0.3) is 0 Å². The Balaban J connectivity index is 1.66. The summed E-state index contributed by atoms with van der Waals surface area (Å²) in [5.74, 6) is 0.686. The molecular formula is C22H24N4O. The van der Waals surface area contributed by atoms with E-state index in [2.05, 4.69) is 47.4 Å². The second kappa shape index (κ2) is 7.99. The molecule has 138 valence electrons. The monoisotopic (exact) mass is 360 g/mol. The lowest BCUT2D eigenvalue weighted by Crippen LogP contribution is -2.13. The van der Waals surface area contributed by atoms with E-state index in [0.29, 0.717) is 17.4 Å². The predicted octanol–water partition coefficient (Wildman–Crippen LogP) is 5.21. The topological polar surface area (TPSA) is 66.9 Å². The minimum atomic E-state index is -0.231. The van der Waals surface area contributed by atoms with Gasteiger partial charge in [-0.25, -0.2) is 9.97 Å². The van der Waals surface area contributed by atoms with E-state index in [1.54, 1.807) is 0 Å². The zero-order valence-electron chi connectivity index (χ0n) is 16.1. The van der Waals surface area contributed by atoms with E-state index in [9.17, 15) is 4.79 Å². The number of nitrogens with zero attached hydrogens (tertiary/aromatic N) is 2. The van der Waals surface area contributed by atoms with E-state index >= 15 is 0 Å². The third-order valence-corrected chi connectivity index (χ3v) is 4.38. The molecule has 0 spiro atoms. The fourth-order valence-electron chi connectivity index (χ4n) is 2.74. The number of nitrogens with one attached hydrogen (secondary N) is 2. The maximum Gasteiger partial charge on any atom is 0.258 e. The van der Waals surface area contributed by atoms with Gasteiger partial charge in [0.15, 0.2) is 0 Å². The van der Waals surface area contributed by atoms with Gasteiger partial charge in [-0.1, -0.05) is 43.7 Å². The van der Waals surface area contributed by atoms with Gasteiger partial charge >= 0.3 is 0 Å². The first-order chi connectivity index (χ1) is 12.9. The number of anilines is 3. The summed E-state index contributed by atoms with van der Waals surface area (Å²) in [4.78, 5) is 20.9. The van der Waals surface area contributed by atoms with Gasteiger partial charge in [-0.15, -0.1) is 0 Å². The van der Waals surface area contributed by atoms with E-state index in [4.69, 9.17) is 0 Å². The number of rotatable bonds is 5. The van der Waals surface area contributed by atoms with Crippen LogP contribution >= 0.6 is 0 Å². The summed E-state index contributed by atoms with van der Waals surface area (Å²) in [7, 11) is 0. The number of hydrogen-bond donors (Lipinski definition) is 2. The Bertz CT molecular complexity index is 932. The van der Waals surface area contributed by atoms with Gasteiger partial charge in [0.05, 0.1) is 5.56 Å². The molecular weight excluding hydrogens is 336 g/mol. The van der Waals surface area contributed by atoms with E-state index in [1.807, 2.05) is 43.3 Å². The molecule has 0 aliphatic carbocycles. The fraction of sp³-hybridized carbons (Fsp3) is 0.227. The Kier molecular flexibility index (Phi) is 5.50. The van der Waals surface area contributed by atoms with Gasteiger partial charge in [0, 0.05) is 23.8 Å². The molecule has 0 saturated heterocycles. The van der Waals surface area contributed by atoms with Crippen molar-refractivity contribution in [1.29, 1.82) is 0 Å². The highest BCUT2D eigenvalue weighted by molar-refractivity contribution is 6.03. The minimum absolute atomic E-state index is 0.231. The Morgan fingerprint density at radius 3 is 2.22 bits per heavy atom. The zero-order valence-corrected chi connectivity index (χ0v) is 16.1. The average molecular weight is 360 g/mol. The molecule has 27 heavy (non-hydrogen) atoms. The summed E-state index contributed by atoms with van der Waals surface area (Å²) >= 11 is 0. The van der Waals surface area contributed by atoms with E-state index in [0.717, 1.165) is 16.9 Å². The van der Waals surface area contributed by atoms with E-state index in [1.165, 1.54) is 23.5 Å². The van der Waals surface area contributed by atoms with Crippen molar-refractivity contribution in [2.45, 2.75) is 33.6 Å². The molecule has 0 atom stereocenters. The van der Waals surface area contributed by atoms with Crippen LogP contribution in [-0.4, -0.2) is 15.9 Å². The summed E-state index contributed by atoms with van der Waals surface area (Å²) in [6.07, 6.45) is 3.05. The van der Waals surface area contributed by atoms with Gasteiger partial charge < -0.3 is 10.6 Å². The van der Waals surface area contributed by atoms with Crippen LogP contribution in [0.5, 0.6) is 0 Å². The lowest BCUT2D eigenvalue weighted by atomic mass is 10.0. The second-order valence-corrected chi connectivity index (χ2v) is 6.97. The van der Waals surface area contributed by atoms with E-state index in [-0.39, 0.29) is 5.91 Å². The third kappa shape index (κ3) is 4.70. The average Bonchev–Trinajstić information content (AvgIpc) is 2.65. The predicted molar refractivity (Wildman–Crippen MR) is 110 cm³/mol. The van der Waals surface area contributed by atoms with Crippen molar-refractivity contribution in [3.05, 3.63) is 77.1 Å². The zero-order chi connectivity index (χ0) is 19.4. The SMILES string of the molecule is Cc1ccc(Nc2ncc(C(=O)Nc3ccc(C(C)C)cc3)cn2)c(C)c1. The smallest absolute Gasteiger partial charge is 0.258 e. The first-order valence-corrected chi connectivity index (χ1v) is 9.00. The minimum Gasteiger partial charge on any atom is -0.324 e. The molecule has 2 N–H and O–H groups in total. The van der Waals surface area contributed by atoms with Crippen molar-refractivity contribution in [3.8, 4) is 0 Å². The fourth-order valence-corrected chi connectivity index (χ4v) is 2.74. The molecule has 3 rings (SSSR count). The molecule has 0 aliphatic heterocycles. The van der Waals surface area contributed by atoms with E-state index < -0.39 is 0 Å². The molecule has 1 aromatic heterocycles. The number of carbonyl (C=O) groups is 1. The van der Waals surface area contributed by atoms with Crippen LogP contribution in [0.1, 0.15) is 46.8 Å². The molecule has 5 nitrogen and oxygen atoms in total. The molecule has 1 amide bonds. The Morgan fingerprint density at radius 2 is 1.63 bits per heavy atom. The maximum absolute atomic E-state index is 12.4. The largest absolute Gasteiger partial charge is 0.324 e. The Hall–Kier alpha value is -3.21. The summed E-state index contributed by atoms with van der Waals surface area (Å²) in [6.45, 7) is 8.36. The molecule has 0 bridgehead atoms. The summed E-state index contributed by atoms with van der Waals surface area (Å²) in [6, 6.07) is 14.0. The van der Waals surface area contributed by atoms with Crippen molar-refractivity contribution >= 4 is 23.2 Å². The van der Waals surface area contributed by atoms with Crippen LogP contribution in [0.4, 0.5) is 17.3 Å². The number of aryl methyl sites for hydroxylation is 2. The third-order valence-electron chi connectivity index (χ3n) is 4.38. The van der Waals surface area contributed by atoms with Crippen molar-refractivity contribution in [2.24, 2.45) is 0 Å². The summed E-state index contributed by atoms with van der Waals surface area (Å²) in [5, 5.41) is 6.05. The van der Waals surface area contributed by atoms with Crippen LogP contribution in [0.2, 0.25) is 0 Å². The quantitative estimate of drug-likeness (QED) is 0.655. The molecule has 0 saturated carbocycles. The van der Waals surface area contributed by atoms with Crippen molar-refractivity contribution in [3.63, 3.8) is 0 Å². The van der Waals surface area contributed by atoms with Crippen LogP contribution in [0, 0.1) is 13.8 Å². The number of aromatic nitrogens is 2. The first kappa shape index (κ1) is 18.6. The summed E-state index contributed by atoms with van der Waals surface area (Å²) < 4.78 is 0. The second-order valence-electron chi connectivity index (χ2n) is 6.97. The van der Waals surface area contributed by atoms with Crippen molar-refractivity contribution < 1.29 is 4.79 Å². The Labute approximate surface area is 159 Å². The Morgan fingerprint density at radius 1 is 0.963 bits per heavy atom. The van der Waals surface area contributed by atoms with Crippen molar-refractivity contribution in [2.75, 3.05) is 10.6 Å². The molecule has 2 aromatic carbocycles. The molecule has 5 heteroatoms. The highest BCUT2D eigenvalue weighted by Gasteiger charge is 2.09. The first-order valence-electron chi connectivity index (χ1n) is 9.00. The lowest BCUT2D eigenvalue weighted by Gasteiger charge is -2.10. The molecule has 0 fully saturated rings. The van der Waals surface area contributed by atoms with Crippen LogP contribution in [0.15, 0.2) is 54.9 Å². The van der Waals surface area contributed by atoms with Gasteiger partial charge in [-0.05, 0) is 49.1 Å². The number of hydrogen-bond acceptors (Lipinski definition) is 4. The van der Waals surface area contributed by atoms with Crippen molar-refractivity contribution in [1.82, 2.24) is 9.97 Å². The highest BCUT2D eigenvalue weighted by atomic mass is 16.1. The summed E-state index contributed by atoms with van der Waals surface area (Å²) in [5.41, 5.74) is 5.66. The number of carbonyl (C=O) groups excluding carboxylic acids is 1. The van der Waals surface area contributed by atoms with Crippen LogP contribution in [0.3, 0.4) is 0 Å². The van der Waals surface area contributed by atoms with Gasteiger partial charge in [0.25, 0.3) is 5.91 Å². The molecule has 0 aliphatic rings. The van der Waals surface area contributed by atoms with Gasteiger partial charge in [0.1, 0.15) is 0 Å². The van der Waals surface area contributed by atoms with Gasteiger partial charge in [-0.3, -0.25) is 4.79 Å².